The van der Waals surface area contributed by atoms with E-state index < -0.39 is 17.6 Å². The van der Waals surface area contributed by atoms with Crippen molar-refractivity contribution in [2.75, 3.05) is 0 Å². The number of aliphatic hydroxyl groups excluding tert-OH is 1. The predicted molar refractivity (Wildman–Crippen MR) is 71.2 cm³/mol. The highest BCUT2D eigenvalue weighted by Crippen LogP contribution is 2.18. The lowest BCUT2D eigenvalue weighted by atomic mass is 9.94. The summed E-state index contributed by atoms with van der Waals surface area (Å²) >= 11 is 0. The maximum atomic E-state index is 12.0. The summed E-state index contributed by atoms with van der Waals surface area (Å²) in [6, 6.07) is 9.65. The van der Waals surface area contributed by atoms with E-state index in [1.807, 2.05) is 51.1 Å². The molecule has 1 N–H and O–H groups in total. The lowest BCUT2D eigenvalue weighted by Gasteiger charge is -2.25. The lowest BCUT2D eigenvalue weighted by Crippen LogP contribution is -2.35. The summed E-state index contributed by atoms with van der Waals surface area (Å²) in [5.41, 5.74) is 0.496. The van der Waals surface area contributed by atoms with Crippen LogP contribution in [0.5, 0.6) is 0 Å². The molecule has 1 aromatic carbocycles. The highest BCUT2D eigenvalue weighted by Gasteiger charge is 2.28. The Labute approximate surface area is 109 Å². The molecule has 1 rings (SSSR count). The number of carbonyl (C=O) groups excluding carboxylic acids is 1. The third-order valence-corrected chi connectivity index (χ3v) is 2.59. The van der Waals surface area contributed by atoms with Gasteiger partial charge in [-0.15, -0.1) is 0 Å². The molecular weight excluding hydrogens is 228 g/mol. The van der Waals surface area contributed by atoms with Crippen LogP contribution < -0.4 is 0 Å². The molecule has 0 unspecified atom stereocenters. The molecule has 0 aliphatic heterocycles. The van der Waals surface area contributed by atoms with E-state index in [0.29, 0.717) is 6.42 Å². The van der Waals surface area contributed by atoms with E-state index >= 15 is 0 Å². The molecule has 0 radical (unpaired) electrons. The minimum Gasteiger partial charge on any atom is -0.460 e. The van der Waals surface area contributed by atoms with Crippen LogP contribution in [0.1, 0.15) is 33.3 Å². The molecule has 3 nitrogen and oxygen atoms in total. The van der Waals surface area contributed by atoms with Gasteiger partial charge in [0.1, 0.15) is 5.60 Å². The van der Waals surface area contributed by atoms with Crippen molar-refractivity contribution in [3.8, 4) is 0 Å². The summed E-state index contributed by atoms with van der Waals surface area (Å²) in [5, 5.41) is 9.74. The molecule has 0 heterocycles. The molecule has 100 valence electrons. The molecule has 0 aliphatic rings. The highest BCUT2D eigenvalue weighted by atomic mass is 16.6. The number of rotatable bonds is 4. The maximum Gasteiger partial charge on any atom is 0.312 e. The normalized spacial score (nSPS) is 14.9. The van der Waals surface area contributed by atoms with Crippen LogP contribution in [0.25, 0.3) is 0 Å². The Morgan fingerprint density at radius 1 is 1.28 bits per heavy atom. The number of ether oxygens (including phenoxy) is 1. The Kier molecular flexibility index (Phi) is 4.91. The second-order valence-electron chi connectivity index (χ2n) is 5.57. The van der Waals surface area contributed by atoms with Gasteiger partial charge in [0, 0.05) is 0 Å². The first-order chi connectivity index (χ1) is 8.29. The van der Waals surface area contributed by atoms with E-state index in [4.69, 9.17) is 4.74 Å². The van der Waals surface area contributed by atoms with Gasteiger partial charge in [-0.2, -0.15) is 0 Å². The fourth-order valence-corrected chi connectivity index (χ4v) is 1.70. The van der Waals surface area contributed by atoms with Gasteiger partial charge in [-0.05, 0) is 39.7 Å². The molecule has 0 aliphatic carbocycles. The number of esters is 1. The van der Waals surface area contributed by atoms with Crippen LogP contribution in [0.3, 0.4) is 0 Å². The van der Waals surface area contributed by atoms with Crippen LogP contribution in [-0.2, 0) is 16.0 Å². The highest BCUT2D eigenvalue weighted by molar-refractivity contribution is 5.73. The summed E-state index contributed by atoms with van der Waals surface area (Å²) in [7, 11) is 0. The Morgan fingerprint density at radius 3 is 2.28 bits per heavy atom. The standard InChI is InChI=1S/C15H22O3/c1-11(16)13(14(17)18-15(2,3)4)10-12-8-6-5-7-9-12/h5-9,11,13,16H,10H2,1-4H3/t11-,13-/m0/s1. The number of aliphatic hydroxyl groups is 1. The predicted octanol–water partition coefficient (Wildman–Crippen LogP) is 2.57. The monoisotopic (exact) mass is 250 g/mol. The zero-order chi connectivity index (χ0) is 13.8. The van der Waals surface area contributed by atoms with Crippen LogP contribution in [-0.4, -0.2) is 22.8 Å². The smallest absolute Gasteiger partial charge is 0.312 e. The SMILES string of the molecule is C[C@H](O)[C@H](Cc1ccccc1)C(=O)OC(C)(C)C. The number of hydrogen-bond acceptors (Lipinski definition) is 3. The minimum absolute atomic E-state index is 0.346. The van der Waals surface area contributed by atoms with Gasteiger partial charge in [-0.3, -0.25) is 4.79 Å². The van der Waals surface area contributed by atoms with E-state index in [1.165, 1.54) is 0 Å². The van der Waals surface area contributed by atoms with Gasteiger partial charge in [0.15, 0.2) is 0 Å². The third kappa shape index (κ3) is 4.88. The summed E-state index contributed by atoms with van der Waals surface area (Å²) in [4.78, 5) is 12.0. The van der Waals surface area contributed by atoms with Crippen LogP contribution in [0.15, 0.2) is 30.3 Å². The summed E-state index contributed by atoms with van der Waals surface area (Å²) < 4.78 is 5.33. The fourth-order valence-electron chi connectivity index (χ4n) is 1.70. The Balaban J connectivity index is 2.75. The number of hydrogen-bond donors (Lipinski definition) is 1. The Hall–Kier alpha value is -1.35. The maximum absolute atomic E-state index is 12.0. The zero-order valence-electron chi connectivity index (χ0n) is 11.5. The van der Waals surface area contributed by atoms with E-state index in [1.54, 1.807) is 6.92 Å². The van der Waals surface area contributed by atoms with E-state index in [2.05, 4.69) is 0 Å². The van der Waals surface area contributed by atoms with Crippen LogP contribution in [0.4, 0.5) is 0 Å². The second-order valence-corrected chi connectivity index (χ2v) is 5.57. The first-order valence-corrected chi connectivity index (χ1v) is 6.24. The first kappa shape index (κ1) is 14.7. The van der Waals surface area contributed by atoms with Gasteiger partial charge in [0.2, 0.25) is 0 Å². The van der Waals surface area contributed by atoms with Crippen molar-refractivity contribution in [3.63, 3.8) is 0 Å². The van der Waals surface area contributed by atoms with Gasteiger partial charge in [-0.25, -0.2) is 0 Å². The van der Waals surface area contributed by atoms with Crippen molar-refractivity contribution >= 4 is 5.97 Å². The molecule has 0 spiro atoms. The van der Waals surface area contributed by atoms with Crippen LogP contribution >= 0.6 is 0 Å². The first-order valence-electron chi connectivity index (χ1n) is 6.24. The van der Waals surface area contributed by atoms with Crippen molar-refractivity contribution in [2.24, 2.45) is 5.92 Å². The third-order valence-electron chi connectivity index (χ3n) is 2.59. The Morgan fingerprint density at radius 2 is 1.83 bits per heavy atom. The zero-order valence-corrected chi connectivity index (χ0v) is 11.5. The van der Waals surface area contributed by atoms with E-state index in [0.717, 1.165) is 5.56 Å². The largest absolute Gasteiger partial charge is 0.460 e. The second kappa shape index (κ2) is 6.01. The van der Waals surface area contributed by atoms with Crippen molar-refractivity contribution in [3.05, 3.63) is 35.9 Å². The number of benzene rings is 1. The van der Waals surface area contributed by atoms with E-state index in [9.17, 15) is 9.90 Å². The molecule has 18 heavy (non-hydrogen) atoms. The van der Waals surface area contributed by atoms with Gasteiger partial charge in [0.05, 0.1) is 12.0 Å². The summed E-state index contributed by atoms with van der Waals surface area (Å²) in [5.74, 6) is -0.868. The van der Waals surface area contributed by atoms with E-state index in [-0.39, 0.29) is 5.97 Å². The molecule has 2 atom stereocenters. The van der Waals surface area contributed by atoms with Crippen molar-refractivity contribution < 1.29 is 14.6 Å². The molecule has 0 aromatic heterocycles. The van der Waals surface area contributed by atoms with Crippen LogP contribution in [0.2, 0.25) is 0 Å². The van der Waals surface area contributed by atoms with Gasteiger partial charge in [-0.1, -0.05) is 30.3 Å². The van der Waals surface area contributed by atoms with Gasteiger partial charge < -0.3 is 9.84 Å². The quantitative estimate of drug-likeness (QED) is 0.835. The van der Waals surface area contributed by atoms with Crippen molar-refractivity contribution in [1.82, 2.24) is 0 Å². The van der Waals surface area contributed by atoms with Gasteiger partial charge in [0.25, 0.3) is 0 Å². The van der Waals surface area contributed by atoms with Gasteiger partial charge >= 0.3 is 5.97 Å². The molecule has 0 saturated heterocycles. The molecular formula is C15H22O3. The van der Waals surface area contributed by atoms with Crippen LogP contribution in [0, 0.1) is 5.92 Å². The average Bonchev–Trinajstić information content (AvgIpc) is 2.24. The topological polar surface area (TPSA) is 46.5 Å². The summed E-state index contributed by atoms with van der Waals surface area (Å²) in [6.45, 7) is 7.10. The van der Waals surface area contributed by atoms with Crippen molar-refractivity contribution in [2.45, 2.75) is 45.8 Å². The summed E-state index contributed by atoms with van der Waals surface area (Å²) in [6.07, 6.45) is -0.229. The molecule has 3 heteroatoms. The Bertz CT molecular complexity index is 376. The lowest BCUT2D eigenvalue weighted by molar-refractivity contribution is -0.163. The molecule has 0 amide bonds. The number of carbonyl (C=O) groups is 1. The van der Waals surface area contributed by atoms with Crippen molar-refractivity contribution in [1.29, 1.82) is 0 Å². The molecule has 0 bridgehead atoms. The minimum atomic E-state index is -0.722. The fraction of sp³-hybridized carbons (Fsp3) is 0.533. The molecule has 0 fully saturated rings. The average molecular weight is 250 g/mol. The molecule has 1 aromatic rings. The molecule has 0 saturated carbocycles.